The van der Waals surface area contributed by atoms with Gasteiger partial charge < -0.3 is 10.2 Å². The van der Waals surface area contributed by atoms with Crippen molar-refractivity contribution in [3.63, 3.8) is 0 Å². The Labute approximate surface area is 188 Å². The van der Waals surface area contributed by atoms with Crippen molar-refractivity contribution in [3.8, 4) is 0 Å². The maximum absolute atomic E-state index is 11.4. The van der Waals surface area contributed by atoms with E-state index in [0.717, 1.165) is 42.0 Å². The molecule has 1 fully saturated rings. The zero-order valence-corrected chi connectivity index (χ0v) is 20.8. The first-order chi connectivity index (χ1) is 12.8. The second-order valence-corrected chi connectivity index (χ2v) is 10.2. The third kappa shape index (κ3) is 9.11. The molecule has 0 heterocycles. The van der Waals surface area contributed by atoms with E-state index in [1.54, 1.807) is 0 Å². The van der Waals surface area contributed by atoms with Crippen molar-refractivity contribution >= 4 is 39.8 Å². The summed E-state index contributed by atoms with van der Waals surface area (Å²) in [7, 11) is -0.876. The summed E-state index contributed by atoms with van der Waals surface area (Å²) >= 11 is 0. The van der Waals surface area contributed by atoms with Gasteiger partial charge in [0.05, 0.1) is 12.3 Å². The number of hydrogen-bond donors (Lipinski definition) is 1. The average molecular weight is 522 g/mol. The quantitative estimate of drug-likeness (QED) is 0.334. The number of guanidine groups is 1. The van der Waals surface area contributed by atoms with Crippen LogP contribution in [-0.4, -0.2) is 45.7 Å². The Morgan fingerprint density at radius 1 is 1.14 bits per heavy atom. The van der Waals surface area contributed by atoms with Gasteiger partial charge >= 0.3 is 0 Å². The molecule has 0 radical (unpaired) electrons. The lowest BCUT2D eigenvalue weighted by Gasteiger charge is -2.31. The SMILES string of the molecule is CCNC(=NCc1ccc(CS(C)(=O)=O)cc1)N(C)CC1CCC(C)CC1.I. The van der Waals surface area contributed by atoms with Gasteiger partial charge in [-0.2, -0.15) is 0 Å². The predicted molar refractivity (Wildman–Crippen MR) is 129 cm³/mol. The van der Waals surface area contributed by atoms with Crippen LogP contribution in [0.4, 0.5) is 0 Å². The zero-order valence-electron chi connectivity index (χ0n) is 17.6. The van der Waals surface area contributed by atoms with Crippen LogP contribution in [0.5, 0.6) is 0 Å². The molecule has 1 aromatic rings. The predicted octanol–water partition coefficient (Wildman–Crippen LogP) is 4.07. The van der Waals surface area contributed by atoms with Gasteiger partial charge in [0, 0.05) is 26.4 Å². The summed E-state index contributed by atoms with van der Waals surface area (Å²) in [6.07, 6.45) is 6.56. The summed E-state index contributed by atoms with van der Waals surface area (Å²) in [6.45, 7) is 6.93. The van der Waals surface area contributed by atoms with Crippen LogP contribution in [0, 0.1) is 11.8 Å². The minimum atomic E-state index is -3.00. The first kappa shape index (κ1) is 25.2. The highest BCUT2D eigenvalue weighted by Crippen LogP contribution is 2.28. The van der Waals surface area contributed by atoms with Crippen molar-refractivity contribution in [1.82, 2.24) is 10.2 Å². The third-order valence-electron chi connectivity index (χ3n) is 5.23. The van der Waals surface area contributed by atoms with Crippen molar-refractivity contribution in [2.45, 2.75) is 51.8 Å². The summed E-state index contributed by atoms with van der Waals surface area (Å²) < 4.78 is 22.8. The van der Waals surface area contributed by atoms with Gasteiger partial charge in [0.2, 0.25) is 0 Å². The number of nitrogens with zero attached hydrogens (tertiary/aromatic N) is 2. The van der Waals surface area contributed by atoms with E-state index in [2.05, 4.69) is 31.1 Å². The Hall–Kier alpha value is -0.830. The Balaban J connectivity index is 0.00000392. The lowest BCUT2D eigenvalue weighted by Crippen LogP contribution is -2.41. The van der Waals surface area contributed by atoms with Gasteiger partial charge in [-0.3, -0.25) is 0 Å². The van der Waals surface area contributed by atoms with Crippen LogP contribution in [0.3, 0.4) is 0 Å². The van der Waals surface area contributed by atoms with Gasteiger partial charge in [-0.25, -0.2) is 13.4 Å². The Bertz CT molecular complexity index is 712. The summed E-state index contributed by atoms with van der Waals surface area (Å²) in [5.41, 5.74) is 1.91. The molecule has 1 saturated carbocycles. The number of aliphatic imine (C=N–C) groups is 1. The molecule has 1 aliphatic rings. The molecule has 2 rings (SSSR count). The first-order valence-corrected chi connectivity index (χ1v) is 12.1. The second-order valence-electron chi connectivity index (χ2n) is 8.06. The Morgan fingerprint density at radius 3 is 2.25 bits per heavy atom. The highest BCUT2D eigenvalue weighted by Gasteiger charge is 2.20. The van der Waals surface area contributed by atoms with Crippen LogP contribution in [0.15, 0.2) is 29.3 Å². The molecule has 0 atom stereocenters. The van der Waals surface area contributed by atoms with E-state index in [-0.39, 0.29) is 29.7 Å². The van der Waals surface area contributed by atoms with Gasteiger partial charge in [0.25, 0.3) is 0 Å². The molecule has 0 aliphatic heterocycles. The van der Waals surface area contributed by atoms with Crippen LogP contribution in [0.2, 0.25) is 0 Å². The van der Waals surface area contributed by atoms with E-state index in [4.69, 9.17) is 4.99 Å². The van der Waals surface area contributed by atoms with Crippen molar-refractivity contribution in [3.05, 3.63) is 35.4 Å². The smallest absolute Gasteiger partial charge is 0.193 e. The number of benzene rings is 1. The molecule has 1 N–H and O–H groups in total. The zero-order chi connectivity index (χ0) is 19.9. The Kier molecular flexibility index (Phi) is 10.8. The summed E-state index contributed by atoms with van der Waals surface area (Å²) in [4.78, 5) is 7.03. The molecule has 0 bridgehead atoms. The van der Waals surface area contributed by atoms with E-state index in [1.165, 1.54) is 31.9 Å². The average Bonchev–Trinajstić information content (AvgIpc) is 2.60. The largest absolute Gasteiger partial charge is 0.357 e. The molecule has 1 aliphatic carbocycles. The van der Waals surface area contributed by atoms with Gasteiger partial charge in [-0.15, -0.1) is 24.0 Å². The fraction of sp³-hybridized carbons (Fsp3) is 0.667. The molecule has 0 saturated heterocycles. The molecule has 0 spiro atoms. The third-order valence-corrected chi connectivity index (χ3v) is 6.08. The minimum Gasteiger partial charge on any atom is -0.357 e. The molecule has 0 amide bonds. The molecular formula is C21H36IN3O2S. The van der Waals surface area contributed by atoms with Gasteiger partial charge in [0.1, 0.15) is 0 Å². The van der Waals surface area contributed by atoms with Gasteiger partial charge in [-0.05, 0) is 42.7 Å². The summed E-state index contributed by atoms with van der Waals surface area (Å²) in [5.74, 6) is 2.66. The molecule has 5 nitrogen and oxygen atoms in total. The lowest BCUT2D eigenvalue weighted by atomic mass is 9.83. The lowest BCUT2D eigenvalue weighted by molar-refractivity contribution is 0.250. The van der Waals surface area contributed by atoms with Crippen LogP contribution < -0.4 is 5.32 Å². The van der Waals surface area contributed by atoms with E-state index in [0.29, 0.717) is 6.54 Å². The second kappa shape index (κ2) is 12.0. The maximum Gasteiger partial charge on any atom is 0.193 e. The van der Waals surface area contributed by atoms with Crippen LogP contribution in [-0.2, 0) is 22.1 Å². The highest BCUT2D eigenvalue weighted by atomic mass is 127. The van der Waals surface area contributed by atoms with Gasteiger partial charge in [-0.1, -0.05) is 44.0 Å². The van der Waals surface area contributed by atoms with Crippen molar-refractivity contribution in [2.75, 3.05) is 26.4 Å². The van der Waals surface area contributed by atoms with Gasteiger partial charge in [0.15, 0.2) is 15.8 Å². The van der Waals surface area contributed by atoms with E-state index < -0.39 is 9.84 Å². The van der Waals surface area contributed by atoms with Crippen LogP contribution >= 0.6 is 24.0 Å². The summed E-state index contributed by atoms with van der Waals surface area (Å²) in [5, 5.41) is 3.39. The Morgan fingerprint density at radius 2 is 1.71 bits per heavy atom. The van der Waals surface area contributed by atoms with Crippen LogP contribution in [0.1, 0.15) is 50.7 Å². The molecular weight excluding hydrogens is 485 g/mol. The van der Waals surface area contributed by atoms with E-state index in [1.807, 2.05) is 24.3 Å². The summed E-state index contributed by atoms with van der Waals surface area (Å²) in [6, 6.07) is 7.70. The first-order valence-electron chi connectivity index (χ1n) is 10.0. The number of rotatable bonds is 7. The van der Waals surface area contributed by atoms with Crippen LogP contribution in [0.25, 0.3) is 0 Å². The van der Waals surface area contributed by atoms with Crippen molar-refractivity contribution in [1.29, 1.82) is 0 Å². The minimum absolute atomic E-state index is 0. The molecule has 0 aromatic heterocycles. The van der Waals surface area contributed by atoms with Crippen molar-refractivity contribution < 1.29 is 8.42 Å². The normalized spacial score (nSPS) is 20.4. The monoisotopic (exact) mass is 521 g/mol. The fourth-order valence-electron chi connectivity index (χ4n) is 3.66. The molecule has 0 unspecified atom stereocenters. The molecule has 28 heavy (non-hydrogen) atoms. The fourth-order valence-corrected chi connectivity index (χ4v) is 4.46. The maximum atomic E-state index is 11.4. The van der Waals surface area contributed by atoms with E-state index in [9.17, 15) is 8.42 Å². The topological polar surface area (TPSA) is 61.8 Å². The van der Waals surface area contributed by atoms with Crippen molar-refractivity contribution in [2.24, 2.45) is 16.8 Å². The number of nitrogens with one attached hydrogen (secondary N) is 1. The number of halogens is 1. The standard InChI is InChI=1S/C21H35N3O2S.HI/c1-5-22-21(24(3)15-19-8-6-17(2)7-9-19)23-14-18-10-12-20(13-11-18)16-27(4,25)26;/h10-13,17,19H,5-9,14-16H2,1-4H3,(H,22,23);1H. The number of sulfone groups is 1. The highest BCUT2D eigenvalue weighted by molar-refractivity contribution is 14.0. The molecule has 160 valence electrons. The number of hydrogen-bond acceptors (Lipinski definition) is 3. The molecule has 1 aromatic carbocycles. The van der Waals surface area contributed by atoms with E-state index >= 15 is 0 Å². The molecule has 7 heteroatoms.